The third-order valence-electron chi connectivity index (χ3n) is 2.79. The van der Waals surface area contributed by atoms with Gasteiger partial charge in [-0.2, -0.15) is 0 Å². The Morgan fingerprint density at radius 2 is 1.89 bits per heavy atom. The monoisotopic (exact) mass is 325 g/mol. The van der Waals surface area contributed by atoms with Crippen LogP contribution >= 0.6 is 15.9 Å². The Hall–Kier alpha value is -1.75. The third-order valence-corrected chi connectivity index (χ3v) is 3.40. The number of aryl methyl sites for hydroxylation is 1. The summed E-state index contributed by atoms with van der Waals surface area (Å²) in [6.45, 7) is 2.30. The van der Waals surface area contributed by atoms with Crippen LogP contribution in [0.2, 0.25) is 0 Å². The van der Waals surface area contributed by atoms with Gasteiger partial charge in [0.2, 0.25) is 0 Å². The van der Waals surface area contributed by atoms with Crippen molar-refractivity contribution in [1.29, 1.82) is 0 Å². The molecule has 100 valence electrons. The van der Waals surface area contributed by atoms with Crippen LogP contribution in [0.25, 0.3) is 0 Å². The number of hydrogen-bond acceptors (Lipinski definition) is 3. The maximum absolute atomic E-state index is 13.4. The Balaban J connectivity index is 2.14. The molecule has 5 heteroatoms. The van der Waals surface area contributed by atoms with Crippen molar-refractivity contribution in [3.8, 4) is 11.5 Å². The van der Waals surface area contributed by atoms with E-state index in [4.69, 9.17) is 0 Å². The lowest BCUT2D eigenvalue weighted by molar-refractivity contribution is 0.403. The molecule has 0 atom stereocenters. The number of halogens is 2. The van der Waals surface area contributed by atoms with Crippen LogP contribution in [-0.4, -0.2) is 10.2 Å². The van der Waals surface area contributed by atoms with Crippen molar-refractivity contribution in [2.45, 2.75) is 13.5 Å². The molecule has 19 heavy (non-hydrogen) atoms. The van der Waals surface area contributed by atoms with Crippen LogP contribution in [0.15, 0.2) is 34.8 Å². The highest BCUT2D eigenvalue weighted by atomic mass is 79.9. The summed E-state index contributed by atoms with van der Waals surface area (Å²) >= 11 is 3.13. The summed E-state index contributed by atoms with van der Waals surface area (Å²) < 4.78 is 13.9. The van der Waals surface area contributed by atoms with E-state index >= 15 is 0 Å². The third kappa shape index (κ3) is 3.17. The molecule has 0 amide bonds. The van der Waals surface area contributed by atoms with Crippen LogP contribution in [-0.2, 0) is 6.54 Å². The van der Waals surface area contributed by atoms with E-state index in [0.29, 0.717) is 16.7 Å². The number of phenols is 2. The SMILES string of the molecule is Cc1cc(Br)c(F)cc1NCc1ccc(O)c(O)c1. The lowest BCUT2D eigenvalue weighted by Gasteiger charge is -2.11. The van der Waals surface area contributed by atoms with Gasteiger partial charge < -0.3 is 15.5 Å². The van der Waals surface area contributed by atoms with Crippen molar-refractivity contribution in [2.75, 3.05) is 5.32 Å². The normalized spacial score (nSPS) is 10.5. The first-order valence-electron chi connectivity index (χ1n) is 5.68. The second-order valence-corrected chi connectivity index (χ2v) is 5.11. The Morgan fingerprint density at radius 1 is 1.16 bits per heavy atom. The number of benzene rings is 2. The molecule has 0 heterocycles. The van der Waals surface area contributed by atoms with Crippen LogP contribution in [0.5, 0.6) is 11.5 Å². The van der Waals surface area contributed by atoms with Gasteiger partial charge in [0.1, 0.15) is 5.82 Å². The van der Waals surface area contributed by atoms with Gasteiger partial charge in [0.15, 0.2) is 11.5 Å². The number of phenolic OH excluding ortho intramolecular Hbond substituents is 2. The fraction of sp³-hybridized carbons (Fsp3) is 0.143. The Labute approximate surface area is 118 Å². The van der Waals surface area contributed by atoms with Gasteiger partial charge in [0, 0.05) is 12.2 Å². The van der Waals surface area contributed by atoms with Gasteiger partial charge in [0.05, 0.1) is 4.47 Å². The van der Waals surface area contributed by atoms with Crippen LogP contribution in [0.1, 0.15) is 11.1 Å². The van der Waals surface area contributed by atoms with E-state index in [9.17, 15) is 14.6 Å². The van der Waals surface area contributed by atoms with Crippen molar-refractivity contribution >= 4 is 21.6 Å². The maximum atomic E-state index is 13.4. The summed E-state index contributed by atoms with van der Waals surface area (Å²) in [4.78, 5) is 0. The van der Waals surface area contributed by atoms with E-state index in [1.165, 1.54) is 18.2 Å². The Kier molecular flexibility index (Phi) is 3.95. The Bertz CT molecular complexity index is 617. The summed E-state index contributed by atoms with van der Waals surface area (Å²) in [6, 6.07) is 7.69. The Morgan fingerprint density at radius 3 is 2.58 bits per heavy atom. The molecule has 2 aromatic rings. The fourth-order valence-corrected chi connectivity index (χ4v) is 2.17. The van der Waals surface area contributed by atoms with Crippen LogP contribution < -0.4 is 5.32 Å². The van der Waals surface area contributed by atoms with Crippen molar-refractivity contribution in [3.63, 3.8) is 0 Å². The van der Waals surface area contributed by atoms with Crippen LogP contribution in [0.4, 0.5) is 10.1 Å². The first kappa shape index (κ1) is 13.7. The van der Waals surface area contributed by atoms with Gasteiger partial charge in [-0.15, -0.1) is 0 Å². The number of rotatable bonds is 3. The molecule has 3 N–H and O–H groups in total. The summed E-state index contributed by atoms with van der Waals surface area (Å²) in [7, 11) is 0. The van der Waals surface area contributed by atoms with Crippen LogP contribution in [0, 0.1) is 12.7 Å². The predicted molar refractivity (Wildman–Crippen MR) is 75.9 cm³/mol. The average Bonchev–Trinajstić information content (AvgIpc) is 2.36. The van der Waals surface area contributed by atoms with E-state index in [1.54, 1.807) is 12.1 Å². The lowest BCUT2D eigenvalue weighted by Crippen LogP contribution is -2.01. The highest BCUT2D eigenvalue weighted by Crippen LogP contribution is 2.27. The highest BCUT2D eigenvalue weighted by molar-refractivity contribution is 9.10. The smallest absolute Gasteiger partial charge is 0.157 e. The minimum Gasteiger partial charge on any atom is -0.504 e. The van der Waals surface area contributed by atoms with E-state index in [-0.39, 0.29) is 17.3 Å². The molecule has 0 spiro atoms. The number of hydrogen-bond donors (Lipinski definition) is 3. The van der Waals surface area contributed by atoms with Crippen molar-refractivity contribution < 1.29 is 14.6 Å². The number of aromatic hydroxyl groups is 2. The molecule has 0 aromatic heterocycles. The second kappa shape index (κ2) is 5.48. The van der Waals surface area contributed by atoms with Gasteiger partial charge in [-0.1, -0.05) is 6.07 Å². The molecule has 0 fully saturated rings. The zero-order valence-corrected chi connectivity index (χ0v) is 11.8. The minimum atomic E-state index is -0.332. The van der Waals surface area contributed by atoms with E-state index in [1.807, 2.05) is 6.92 Å². The molecule has 2 rings (SSSR count). The molecule has 0 radical (unpaired) electrons. The number of nitrogens with one attached hydrogen (secondary N) is 1. The molecular weight excluding hydrogens is 313 g/mol. The predicted octanol–water partition coefficient (Wildman–Crippen LogP) is 3.92. The summed E-state index contributed by atoms with van der Waals surface area (Å²) in [6.07, 6.45) is 0. The zero-order chi connectivity index (χ0) is 14.0. The summed E-state index contributed by atoms with van der Waals surface area (Å²) in [5.74, 6) is -0.658. The molecule has 0 saturated heterocycles. The molecule has 2 aromatic carbocycles. The fourth-order valence-electron chi connectivity index (χ4n) is 1.71. The summed E-state index contributed by atoms with van der Waals surface area (Å²) in [5, 5.41) is 21.7. The quantitative estimate of drug-likeness (QED) is 0.750. The van der Waals surface area contributed by atoms with Gasteiger partial charge in [0.25, 0.3) is 0 Å². The first-order chi connectivity index (χ1) is 8.97. The van der Waals surface area contributed by atoms with E-state index < -0.39 is 0 Å². The van der Waals surface area contributed by atoms with Crippen LogP contribution in [0.3, 0.4) is 0 Å². The topological polar surface area (TPSA) is 52.5 Å². The summed E-state index contributed by atoms with van der Waals surface area (Å²) in [5.41, 5.74) is 2.39. The van der Waals surface area contributed by atoms with E-state index in [0.717, 1.165) is 11.1 Å². The standard InChI is InChI=1S/C14H13BrFNO2/c1-8-4-10(15)11(16)6-12(8)17-7-9-2-3-13(18)14(19)5-9/h2-6,17-19H,7H2,1H3. The second-order valence-electron chi connectivity index (χ2n) is 4.26. The minimum absolute atomic E-state index is 0.158. The van der Waals surface area contributed by atoms with Gasteiger partial charge in [-0.3, -0.25) is 0 Å². The molecule has 3 nitrogen and oxygen atoms in total. The molecule has 0 aliphatic heterocycles. The molecule has 0 bridgehead atoms. The molecular formula is C14H13BrFNO2. The zero-order valence-electron chi connectivity index (χ0n) is 10.2. The average molecular weight is 326 g/mol. The van der Waals surface area contributed by atoms with Gasteiger partial charge in [-0.25, -0.2) is 4.39 Å². The first-order valence-corrected chi connectivity index (χ1v) is 6.47. The lowest BCUT2D eigenvalue weighted by atomic mass is 10.1. The highest BCUT2D eigenvalue weighted by Gasteiger charge is 2.06. The van der Waals surface area contributed by atoms with Crippen molar-refractivity contribution in [2.24, 2.45) is 0 Å². The van der Waals surface area contributed by atoms with Crippen molar-refractivity contribution in [1.82, 2.24) is 0 Å². The van der Waals surface area contributed by atoms with E-state index in [2.05, 4.69) is 21.2 Å². The van der Waals surface area contributed by atoms with Gasteiger partial charge >= 0.3 is 0 Å². The molecule has 0 saturated carbocycles. The molecule has 0 aliphatic carbocycles. The maximum Gasteiger partial charge on any atom is 0.157 e. The molecule has 0 aliphatic rings. The van der Waals surface area contributed by atoms with Gasteiger partial charge in [-0.05, 0) is 58.2 Å². The van der Waals surface area contributed by atoms with Crippen molar-refractivity contribution in [3.05, 3.63) is 51.7 Å². The largest absolute Gasteiger partial charge is 0.504 e. The molecule has 0 unspecified atom stereocenters. The number of anilines is 1.